The van der Waals surface area contributed by atoms with Gasteiger partial charge >= 0.3 is 6.09 Å². The lowest BCUT2D eigenvalue weighted by atomic mass is 10.1. The zero-order chi connectivity index (χ0) is 27.1. The van der Waals surface area contributed by atoms with Gasteiger partial charge in [0.25, 0.3) is 26.0 Å². The molecule has 0 aliphatic heterocycles. The molecule has 0 fully saturated rings. The van der Waals surface area contributed by atoms with E-state index in [1.54, 1.807) is 26.8 Å². The number of anilines is 1. The van der Waals surface area contributed by atoms with Gasteiger partial charge in [-0.15, -0.1) is 0 Å². The van der Waals surface area contributed by atoms with Gasteiger partial charge in [0.2, 0.25) is 5.91 Å². The molecule has 0 saturated carbocycles. The van der Waals surface area contributed by atoms with Crippen molar-refractivity contribution in [1.82, 2.24) is 10.0 Å². The Kier molecular flexibility index (Phi) is 9.18. The Morgan fingerprint density at radius 2 is 1.56 bits per heavy atom. The average Bonchev–Trinajstić information content (AvgIpc) is 2.75. The number of hydrogen-bond donors (Lipinski definition) is 4. The first-order chi connectivity index (χ1) is 16.6. The van der Waals surface area contributed by atoms with Crippen LogP contribution in [-0.2, 0) is 34.5 Å². The highest BCUT2D eigenvalue weighted by Crippen LogP contribution is 2.16. The molecule has 0 radical (unpaired) electrons. The lowest BCUT2D eigenvalue weighted by Gasteiger charge is -2.23. The van der Waals surface area contributed by atoms with Gasteiger partial charge in [0, 0.05) is 12.1 Å². The number of amides is 3. The minimum atomic E-state index is -4.49. The minimum absolute atomic E-state index is 0.0582. The number of sulfonamides is 1. The highest BCUT2D eigenvalue weighted by Gasteiger charge is 2.28. The fourth-order valence-electron chi connectivity index (χ4n) is 2.81. The predicted octanol–water partition coefficient (Wildman–Crippen LogP) is 2.05. The molecule has 2 rings (SSSR count). The van der Waals surface area contributed by atoms with Crippen molar-refractivity contribution in [3.63, 3.8) is 0 Å². The minimum Gasteiger partial charge on any atom is -0.444 e. The van der Waals surface area contributed by atoms with Crippen LogP contribution in [0.15, 0.2) is 64.4 Å². The van der Waals surface area contributed by atoms with Gasteiger partial charge in [-0.05, 0) is 57.5 Å². The normalized spacial score (nSPS) is 12.8. The number of alkyl carbamates (subject to hydrolysis) is 1. The van der Waals surface area contributed by atoms with E-state index in [0.717, 1.165) is 12.1 Å². The molecule has 4 N–H and O–H groups in total. The van der Waals surface area contributed by atoms with Gasteiger partial charge in [-0.3, -0.25) is 14.1 Å². The molecule has 0 spiro atoms. The second-order valence-corrected chi connectivity index (χ2v) is 11.7. The molecule has 196 valence electrons. The first-order valence-electron chi connectivity index (χ1n) is 10.6. The maximum atomic E-state index is 12.8. The zero-order valence-electron chi connectivity index (χ0n) is 19.7. The van der Waals surface area contributed by atoms with Gasteiger partial charge in [-0.25, -0.2) is 17.9 Å². The number of ether oxygens (including phenoxy) is 1. The summed E-state index contributed by atoms with van der Waals surface area (Å²) in [5.74, 6) is -1.76. The van der Waals surface area contributed by atoms with E-state index in [4.69, 9.17) is 9.29 Å². The summed E-state index contributed by atoms with van der Waals surface area (Å²) in [6.45, 7) is 4.78. The highest BCUT2D eigenvalue weighted by molar-refractivity contribution is 7.90. The van der Waals surface area contributed by atoms with Crippen molar-refractivity contribution in [3.05, 3.63) is 54.6 Å². The third-order valence-corrected chi connectivity index (χ3v) is 6.58. The van der Waals surface area contributed by atoms with Crippen molar-refractivity contribution in [2.24, 2.45) is 0 Å². The molecule has 2 aromatic carbocycles. The molecule has 0 aliphatic carbocycles. The first kappa shape index (κ1) is 28.7. The predicted molar refractivity (Wildman–Crippen MR) is 129 cm³/mol. The van der Waals surface area contributed by atoms with Crippen molar-refractivity contribution in [3.8, 4) is 0 Å². The summed E-state index contributed by atoms with van der Waals surface area (Å²) >= 11 is 0. The van der Waals surface area contributed by atoms with Crippen molar-refractivity contribution >= 4 is 43.7 Å². The van der Waals surface area contributed by atoms with Crippen molar-refractivity contribution in [2.45, 2.75) is 55.0 Å². The first-order valence-corrected chi connectivity index (χ1v) is 13.5. The van der Waals surface area contributed by atoms with E-state index in [1.807, 2.05) is 4.72 Å². The second-order valence-electron chi connectivity index (χ2n) is 8.57. The van der Waals surface area contributed by atoms with Crippen molar-refractivity contribution in [1.29, 1.82) is 0 Å². The maximum Gasteiger partial charge on any atom is 0.408 e. The van der Waals surface area contributed by atoms with Crippen LogP contribution in [0.4, 0.5) is 10.5 Å². The van der Waals surface area contributed by atoms with Crippen LogP contribution >= 0.6 is 0 Å². The number of benzene rings is 2. The van der Waals surface area contributed by atoms with E-state index >= 15 is 0 Å². The Bertz CT molecular complexity index is 1320. The molecule has 3 amide bonds. The summed E-state index contributed by atoms with van der Waals surface area (Å²) < 4.78 is 63.7. The van der Waals surface area contributed by atoms with Crippen LogP contribution in [0.25, 0.3) is 0 Å². The Morgan fingerprint density at radius 3 is 2.14 bits per heavy atom. The van der Waals surface area contributed by atoms with Crippen LogP contribution < -0.4 is 15.4 Å². The molecular formula is C22H27N3O9S2. The van der Waals surface area contributed by atoms with Gasteiger partial charge in [0.15, 0.2) is 0 Å². The number of rotatable bonds is 9. The van der Waals surface area contributed by atoms with E-state index in [9.17, 15) is 31.2 Å². The molecule has 0 bridgehead atoms. The number of carbonyl (C=O) groups excluding carboxylic acids is 3. The molecule has 0 aromatic heterocycles. The lowest BCUT2D eigenvalue weighted by molar-refractivity contribution is -0.122. The van der Waals surface area contributed by atoms with Gasteiger partial charge < -0.3 is 15.4 Å². The molecule has 0 unspecified atom stereocenters. The summed E-state index contributed by atoms with van der Waals surface area (Å²) in [5, 5.41) is 4.67. The Morgan fingerprint density at radius 1 is 0.944 bits per heavy atom. The smallest absolute Gasteiger partial charge is 0.408 e. The standard InChI is InChI=1S/C22H27N3O9S2/c1-22(2,3)34-21(28)24-18(20(27)25-35(29,30)16-9-5-4-6-10-16)12-13-19(26)23-15-8-7-11-17(14-15)36(31,32)33/h4-11,14,18H,12-13H2,1-3H3,(H,23,26)(H,24,28)(H,25,27)(H,31,32,33)/t18-/m0/s1. The molecule has 0 saturated heterocycles. The van der Waals surface area contributed by atoms with E-state index < -0.39 is 54.6 Å². The van der Waals surface area contributed by atoms with Crippen molar-refractivity contribution < 1.29 is 40.5 Å². The van der Waals surface area contributed by atoms with E-state index in [1.165, 1.54) is 36.4 Å². The van der Waals surface area contributed by atoms with Crippen molar-refractivity contribution in [2.75, 3.05) is 5.32 Å². The van der Waals surface area contributed by atoms with E-state index in [2.05, 4.69) is 10.6 Å². The molecule has 36 heavy (non-hydrogen) atoms. The third-order valence-electron chi connectivity index (χ3n) is 4.37. The number of nitrogens with one attached hydrogen (secondary N) is 3. The van der Waals surface area contributed by atoms with Crippen LogP contribution in [-0.4, -0.2) is 50.9 Å². The summed E-state index contributed by atoms with van der Waals surface area (Å²) in [7, 11) is -8.74. The van der Waals surface area contributed by atoms with Crippen LogP contribution in [0.2, 0.25) is 0 Å². The van der Waals surface area contributed by atoms with E-state index in [-0.39, 0.29) is 23.4 Å². The fraction of sp³-hybridized carbons (Fsp3) is 0.318. The largest absolute Gasteiger partial charge is 0.444 e. The monoisotopic (exact) mass is 541 g/mol. The summed E-state index contributed by atoms with van der Waals surface area (Å²) in [6, 6.07) is 10.5. The topological polar surface area (TPSA) is 185 Å². The van der Waals surface area contributed by atoms with Gasteiger partial charge in [0.1, 0.15) is 11.6 Å². The number of carbonyl (C=O) groups is 3. The zero-order valence-corrected chi connectivity index (χ0v) is 21.4. The van der Waals surface area contributed by atoms with Crippen LogP contribution in [0.5, 0.6) is 0 Å². The SMILES string of the molecule is CC(C)(C)OC(=O)N[C@@H](CCC(=O)Nc1cccc(S(=O)(=O)O)c1)C(=O)NS(=O)(=O)c1ccccc1. The average molecular weight is 542 g/mol. The summed E-state index contributed by atoms with van der Waals surface area (Å²) in [6.07, 6.45) is -1.68. The Labute approximate surface area is 209 Å². The van der Waals surface area contributed by atoms with Crippen LogP contribution in [0.1, 0.15) is 33.6 Å². The summed E-state index contributed by atoms with van der Waals surface area (Å²) in [5.41, 5.74) is -0.848. The van der Waals surface area contributed by atoms with Gasteiger partial charge in [0.05, 0.1) is 9.79 Å². The number of hydrogen-bond acceptors (Lipinski definition) is 8. The van der Waals surface area contributed by atoms with Gasteiger partial charge in [-0.2, -0.15) is 8.42 Å². The summed E-state index contributed by atoms with van der Waals surface area (Å²) in [4.78, 5) is 36.8. The Hall–Kier alpha value is -3.49. The molecule has 0 heterocycles. The Balaban J connectivity index is 2.14. The molecular weight excluding hydrogens is 514 g/mol. The third kappa shape index (κ3) is 9.28. The molecule has 12 nitrogen and oxygen atoms in total. The van der Waals surface area contributed by atoms with E-state index in [0.29, 0.717) is 0 Å². The maximum absolute atomic E-state index is 12.8. The fourth-order valence-corrected chi connectivity index (χ4v) is 4.38. The quantitative estimate of drug-likeness (QED) is 0.345. The van der Waals surface area contributed by atoms with Crippen LogP contribution in [0, 0.1) is 0 Å². The lowest BCUT2D eigenvalue weighted by Crippen LogP contribution is -2.49. The van der Waals surface area contributed by atoms with Crippen LogP contribution in [0.3, 0.4) is 0 Å². The molecule has 1 atom stereocenters. The second kappa shape index (κ2) is 11.5. The highest BCUT2D eigenvalue weighted by atomic mass is 32.2. The molecule has 14 heteroatoms. The van der Waals surface area contributed by atoms with Gasteiger partial charge in [-0.1, -0.05) is 24.3 Å². The molecule has 2 aromatic rings. The molecule has 0 aliphatic rings.